The minimum atomic E-state index is -1.10. The molecule has 0 fully saturated rings. The first-order chi connectivity index (χ1) is 17.7. The summed E-state index contributed by atoms with van der Waals surface area (Å²) >= 11 is 0. The molecule has 32 heavy (non-hydrogen) atoms. The predicted molar refractivity (Wildman–Crippen MR) is 120 cm³/mol. The Balaban J connectivity index is 2.10. The van der Waals surface area contributed by atoms with Crippen molar-refractivity contribution in [2.24, 2.45) is 0 Å². The molecule has 3 rings (SSSR count). The Labute approximate surface area is 192 Å². The van der Waals surface area contributed by atoms with Crippen LogP contribution in [0.3, 0.4) is 0 Å². The van der Waals surface area contributed by atoms with E-state index in [0.29, 0.717) is 0 Å². The third-order valence-corrected chi connectivity index (χ3v) is 4.24. The lowest BCUT2D eigenvalue weighted by molar-refractivity contribution is 0.180. The molecule has 166 valence electrons. The number of amides is 1. The summed E-state index contributed by atoms with van der Waals surface area (Å²) in [5, 5.41) is 11.3. The Morgan fingerprint density at radius 1 is 1.31 bits per heavy atom. The van der Waals surface area contributed by atoms with Gasteiger partial charge in [-0.3, -0.25) is 10.3 Å². The molecule has 0 saturated heterocycles. The van der Waals surface area contributed by atoms with Gasteiger partial charge in [0.2, 0.25) is 0 Å². The van der Waals surface area contributed by atoms with Crippen LogP contribution in [0.5, 0.6) is 0 Å². The van der Waals surface area contributed by atoms with E-state index in [2.05, 4.69) is 25.0 Å². The molecule has 1 aromatic carbocycles. The summed E-state index contributed by atoms with van der Waals surface area (Å²) in [5.74, 6) is -2.38. The highest BCUT2D eigenvalue weighted by Gasteiger charge is 2.22. The van der Waals surface area contributed by atoms with Crippen LogP contribution in [0.4, 0.5) is 32.3 Å². The maximum atomic E-state index is 14.7. The van der Waals surface area contributed by atoms with Gasteiger partial charge in [0.1, 0.15) is 23.0 Å². The molecule has 3 aromatic rings. The summed E-state index contributed by atoms with van der Waals surface area (Å²) in [6.45, 7) is 0.951. The Hall–Kier alpha value is -4.28. The normalized spacial score (nSPS) is 13.1. The van der Waals surface area contributed by atoms with E-state index in [1.54, 1.807) is 0 Å². The summed E-state index contributed by atoms with van der Waals surface area (Å²) in [6, 6.07) is -2.66. The maximum Gasteiger partial charge on any atom is 0.413 e. The monoisotopic (exact) mass is 444 g/mol. The standard InChI is InChI=1S/C21H23FN8O2/c1-11-6-7-14(22)12(9-11)10-27-19-13(5-4-8-26-19)15(23)20-28-17(24)16(18(25)29-20)30(2)21(31)32-3/h4-9,23H,10H2,1-3H3,(H,26,27)(H4,24,25,28,29)/i4D,5D,6D,7D,8D,9D. The van der Waals surface area contributed by atoms with Gasteiger partial charge in [0, 0.05) is 30.9 Å². The second-order valence-corrected chi connectivity index (χ2v) is 6.41. The van der Waals surface area contributed by atoms with Gasteiger partial charge >= 0.3 is 6.09 Å². The quantitative estimate of drug-likeness (QED) is 0.423. The third-order valence-electron chi connectivity index (χ3n) is 4.24. The van der Waals surface area contributed by atoms with E-state index in [4.69, 9.17) is 25.1 Å². The molecule has 0 aliphatic heterocycles. The largest absolute Gasteiger partial charge is 0.452 e. The summed E-state index contributed by atoms with van der Waals surface area (Å²) in [6.07, 6.45) is -1.43. The van der Waals surface area contributed by atoms with Gasteiger partial charge in [-0.1, -0.05) is 17.6 Å². The number of aromatic nitrogens is 3. The number of nitrogen functional groups attached to an aromatic ring is 2. The fraction of sp³-hybridized carbons (Fsp3) is 0.190. The van der Waals surface area contributed by atoms with Crippen molar-refractivity contribution in [1.29, 1.82) is 5.41 Å². The van der Waals surface area contributed by atoms with Gasteiger partial charge in [0.05, 0.1) is 15.3 Å². The van der Waals surface area contributed by atoms with E-state index in [1.165, 1.54) is 14.0 Å². The van der Waals surface area contributed by atoms with E-state index < -0.39 is 60.3 Å². The average Bonchev–Trinajstić information content (AvgIpc) is 2.88. The van der Waals surface area contributed by atoms with E-state index in [-0.39, 0.29) is 45.9 Å². The second-order valence-electron chi connectivity index (χ2n) is 6.41. The molecule has 0 aliphatic rings. The van der Waals surface area contributed by atoms with Gasteiger partial charge in [-0.25, -0.2) is 24.1 Å². The van der Waals surface area contributed by atoms with Gasteiger partial charge in [-0.05, 0) is 25.1 Å². The fourth-order valence-corrected chi connectivity index (χ4v) is 2.71. The molecule has 0 spiro atoms. The van der Waals surface area contributed by atoms with Crippen LogP contribution in [0.15, 0.2) is 36.4 Å². The first-order valence-corrected chi connectivity index (χ1v) is 9.03. The van der Waals surface area contributed by atoms with E-state index in [1.807, 2.05) is 0 Å². The van der Waals surface area contributed by atoms with Crippen molar-refractivity contribution in [3.8, 4) is 0 Å². The Morgan fingerprint density at radius 2 is 2.00 bits per heavy atom. The van der Waals surface area contributed by atoms with Crippen molar-refractivity contribution >= 4 is 34.9 Å². The summed E-state index contributed by atoms with van der Waals surface area (Å²) in [5.41, 5.74) is 10.7. The van der Waals surface area contributed by atoms with Crippen molar-refractivity contribution < 1.29 is 22.1 Å². The SMILES string of the molecule is [2H]c1nc(NCc2c([2H])c(C)c([2H])c([2H])c2F)c(C(=N)c2nc(N)c(N(C)C(=O)OC)c(N)n2)c([2H])c1[2H]. The van der Waals surface area contributed by atoms with Crippen LogP contribution in [0.25, 0.3) is 0 Å². The molecule has 0 saturated carbocycles. The number of nitrogens with two attached hydrogens (primary N) is 2. The number of pyridine rings is 1. The topological polar surface area (TPSA) is 156 Å². The van der Waals surface area contributed by atoms with Gasteiger partial charge < -0.3 is 21.5 Å². The number of benzene rings is 1. The van der Waals surface area contributed by atoms with Crippen molar-refractivity contribution in [2.45, 2.75) is 13.5 Å². The van der Waals surface area contributed by atoms with Crippen molar-refractivity contribution in [2.75, 3.05) is 35.8 Å². The molecule has 0 aliphatic carbocycles. The van der Waals surface area contributed by atoms with Crippen LogP contribution in [-0.4, -0.2) is 40.9 Å². The lowest BCUT2D eigenvalue weighted by Gasteiger charge is -2.19. The maximum absolute atomic E-state index is 14.7. The lowest BCUT2D eigenvalue weighted by atomic mass is 10.1. The molecule has 10 nitrogen and oxygen atoms in total. The van der Waals surface area contributed by atoms with Crippen LogP contribution in [0.1, 0.15) is 30.7 Å². The van der Waals surface area contributed by atoms with Crippen LogP contribution >= 0.6 is 0 Å². The first-order valence-electron chi connectivity index (χ1n) is 12.0. The Bertz CT molecular complexity index is 1440. The lowest BCUT2D eigenvalue weighted by Crippen LogP contribution is -2.29. The number of halogens is 1. The molecule has 0 radical (unpaired) electrons. The molecule has 0 unspecified atom stereocenters. The predicted octanol–water partition coefficient (Wildman–Crippen LogP) is 2.71. The molecular formula is C21H23FN8O2. The number of carbonyl (C=O) groups excluding carboxylic acids is 1. The molecular weight excluding hydrogens is 415 g/mol. The van der Waals surface area contributed by atoms with Gasteiger partial charge in [0.25, 0.3) is 0 Å². The highest BCUT2D eigenvalue weighted by molar-refractivity contribution is 6.12. The second kappa shape index (κ2) is 9.25. The smallest absolute Gasteiger partial charge is 0.413 e. The number of nitrogens with one attached hydrogen (secondary N) is 2. The molecule has 0 atom stereocenters. The Kier molecular flexibility index (Phi) is 4.48. The van der Waals surface area contributed by atoms with Crippen LogP contribution in [-0.2, 0) is 11.3 Å². The molecule has 6 N–H and O–H groups in total. The van der Waals surface area contributed by atoms with Crippen LogP contribution < -0.4 is 21.7 Å². The first kappa shape index (κ1) is 15.5. The number of methoxy groups -OCH3 is 1. The summed E-state index contributed by atoms with van der Waals surface area (Å²) in [4.78, 5) is 24.7. The van der Waals surface area contributed by atoms with Crippen molar-refractivity contribution in [1.82, 2.24) is 15.0 Å². The average molecular weight is 445 g/mol. The minimum Gasteiger partial charge on any atom is -0.452 e. The van der Waals surface area contributed by atoms with Crippen molar-refractivity contribution in [3.63, 3.8) is 0 Å². The molecule has 1 amide bonds. The number of anilines is 4. The molecule has 2 heterocycles. The van der Waals surface area contributed by atoms with Crippen molar-refractivity contribution in [3.05, 3.63) is 64.7 Å². The highest BCUT2D eigenvalue weighted by atomic mass is 19.1. The summed E-state index contributed by atoms with van der Waals surface area (Å²) in [7, 11) is 2.46. The third kappa shape index (κ3) is 4.56. The zero-order valence-corrected chi connectivity index (χ0v) is 17.3. The molecule has 0 bridgehead atoms. The van der Waals surface area contributed by atoms with E-state index >= 15 is 0 Å². The van der Waals surface area contributed by atoms with E-state index in [9.17, 15) is 9.18 Å². The fourth-order valence-electron chi connectivity index (χ4n) is 2.71. The highest BCUT2D eigenvalue weighted by Crippen LogP contribution is 2.28. The zero-order chi connectivity index (χ0) is 28.6. The minimum absolute atomic E-state index is 0.0781. The number of nitrogens with zero attached hydrogens (tertiary/aromatic N) is 4. The van der Waals surface area contributed by atoms with Crippen LogP contribution in [0, 0.1) is 18.2 Å². The number of carbonyl (C=O) groups is 1. The van der Waals surface area contributed by atoms with Gasteiger partial charge in [-0.15, -0.1) is 0 Å². The molecule has 2 aromatic heterocycles. The number of hydrogen-bond acceptors (Lipinski definition) is 9. The van der Waals surface area contributed by atoms with E-state index in [0.717, 1.165) is 12.0 Å². The zero-order valence-electron chi connectivity index (χ0n) is 23.3. The number of rotatable bonds is 6. The Morgan fingerprint density at radius 3 is 2.66 bits per heavy atom. The number of ether oxygens (including phenoxy) is 1. The van der Waals surface area contributed by atoms with Gasteiger partial charge in [0.15, 0.2) is 17.5 Å². The number of hydrogen-bond donors (Lipinski definition) is 4. The van der Waals surface area contributed by atoms with Gasteiger partial charge in [-0.2, -0.15) is 0 Å². The molecule has 11 heteroatoms. The van der Waals surface area contributed by atoms with Crippen LogP contribution in [0.2, 0.25) is 0 Å². The summed E-state index contributed by atoms with van der Waals surface area (Å²) < 4.78 is 67.2.